The molecule has 2 rings (SSSR count). The van der Waals surface area contributed by atoms with Gasteiger partial charge < -0.3 is 5.21 Å². The molecule has 0 N–H and O–H groups in total. The molecule has 1 heterocycles. The van der Waals surface area contributed by atoms with Crippen molar-refractivity contribution >= 4 is 5.71 Å². The third-order valence-corrected chi connectivity index (χ3v) is 2.49. The van der Waals surface area contributed by atoms with Crippen LogP contribution in [0, 0.1) is 5.21 Å². The van der Waals surface area contributed by atoms with Gasteiger partial charge in [-0.15, -0.1) is 0 Å². The quantitative estimate of drug-likeness (QED) is 0.383. The van der Waals surface area contributed by atoms with Crippen LogP contribution in [0.1, 0.15) is 32.1 Å². The Bertz CT molecular complexity index is 228. The van der Waals surface area contributed by atoms with Gasteiger partial charge in [0.15, 0.2) is 12.3 Å². The van der Waals surface area contributed by atoms with Crippen molar-refractivity contribution in [3.05, 3.63) is 16.9 Å². The van der Waals surface area contributed by atoms with Crippen LogP contribution < -0.4 is 0 Å². The van der Waals surface area contributed by atoms with Gasteiger partial charge in [0.05, 0.1) is 0 Å². The summed E-state index contributed by atoms with van der Waals surface area (Å²) < 4.78 is 1.19. The first-order valence-corrected chi connectivity index (χ1v) is 4.38. The topological polar surface area (TPSA) is 26.1 Å². The zero-order chi connectivity index (χ0) is 7.68. The summed E-state index contributed by atoms with van der Waals surface area (Å²) in [6.07, 6.45) is 7.76. The van der Waals surface area contributed by atoms with Gasteiger partial charge in [-0.25, -0.2) is 4.74 Å². The molecule has 0 aromatic rings. The van der Waals surface area contributed by atoms with Gasteiger partial charge in [-0.2, -0.15) is 0 Å². The van der Waals surface area contributed by atoms with E-state index in [0.717, 1.165) is 31.4 Å². The second kappa shape index (κ2) is 2.68. The summed E-state index contributed by atoms with van der Waals surface area (Å²) in [6.45, 7) is 0.715. The summed E-state index contributed by atoms with van der Waals surface area (Å²) in [5, 5.41) is 11.3. The maximum atomic E-state index is 11.3. The number of hydrogen-bond donors (Lipinski definition) is 0. The highest BCUT2D eigenvalue weighted by Crippen LogP contribution is 2.22. The van der Waals surface area contributed by atoms with E-state index in [1.54, 1.807) is 0 Å². The Labute approximate surface area is 66.8 Å². The number of allylic oxidation sites excluding steroid dienone is 2. The van der Waals surface area contributed by atoms with Gasteiger partial charge in [0.1, 0.15) is 0 Å². The zero-order valence-corrected chi connectivity index (χ0v) is 6.68. The molecule has 0 unspecified atom stereocenters. The summed E-state index contributed by atoms with van der Waals surface area (Å²) in [5.74, 6) is 0. The normalized spacial score (nSPS) is 24.5. The number of hydroxylamine groups is 1. The van der Waals surface area contributed by atoms with Crippen LogP contribution in [0.25, 0.3) is 0 Å². The Kier molecular flexibility index (Phi) is 1.68. The van der Waals surface area contributed by atoms with Crippen LogP contribution >= 0.6 is 0 Å². The minimum absolute atomic E-state index is 0.715. The van der Waals surface area contributed by atoms with E-state index in [4.69, 9.17) is 0 Å². The van der Waals surface area contributed by atoms with Crippen LogP contribution in [0.5, 0.6) is 0 Å². The molecular formula is C9H13NO. The highest BCUT2D eigenvalue weighted by molar-refractivity contribution is 5.97. The van der Waals surface area contributed by atoms with E-state index in [1.807, 2.05) is 0 Å². The first-order valence-electron chi connectivity index (χ1n) is 4.38. The molecule has 60 valence electrons. The maximum Gasteiger partial charge on any atom is 0.189 e. The van der Waals surface area contributed by atoms with Crippen molar-refractivity contribution < 1.29 is 4.74 Å². The lowest BCUT2D eigenvalue weighted by atomic mass is 9.92. The van der Waals surface area contributed by atoms with Crippen molar-refractivity contribution in [1.29, 1.82) is 0 Å². The molecule has 0 saturated heterocycles. The molecule has 0 fully saturated rings. The molecule has 2 aliphatic rings. The molecule has 0 saturated carbocycles. The Balaban J connectivity index is 2.35. The molecular weight excluding hydrogens is 138 g/mol. The smallest absolute Gasteiger partial charge is 0.189 e. The summed E-state index contributed by atoms with van der Waals surface area (Å²) in [6, 6.07) is 0. The molecule has 0 radical (unpaired) electrons. The highest BCUT2D eigenvalue weighted by Gasteiger charge is 2.22. The monoisotopic (exact) mass is 151 g/mol. The second-order valence-corrected chi connectivity index (χ2v) is 3.27. The van der Waals surface area contributed by atoms with Crippen molar-refractivity contribution in [3.63, 3.8) is 0 Å². The Hall–Kier alpha value is -0.790. The van der Waals surface area contributed by atoms with Gasteiger partial charge in [-0.05, 0) is 19.3 Å². The summed E-state index contributed by atoms with van der Waals surface area (Å²) in [5.41, 5.74) is 2.40. The number of nitrogens with zero attached hydrogens (tertiary/aromatic N) is 1. The van der Waals surface area contributed by atoms with Crippen molar-refractivity contribution in [1.82, 2.24) is 0 Å². The molecule has 0 aromatic carbocycles. The fourth-order valence-corrected chi connectivity index (χ4v) is 1.90. The van der Waals surface area contributed by atoms with Crippen LogP contribution in [0.15, 0.2) is 11.6 Å². The summed E-state index contributed by atoms with van der Waals surface area (Å²) in [7, 11) is 0. The van der Waals surface area contributed by atoms with Gasteiger partial charge in [-0.1, -0.05) is 6.08 Å². The van der Waals surface area contributed by atoms with Crippen molar-refractivity contribution in [3.8, 4) is 0 Å². The molecule has 1 aliphatic carbocycles. The van der Waals surface area contributed by atoms with E-state index >= 15 is 0 Å². The maximum absolute atomic E-state index is 11.3. The van der Waals surface area contributed by atoms with Gasteiger partial charge >= 0.3 is 0 Å². The average Bonchev–Trinajstić information content (AvgIpc) is 2.06. The third kappa shape index (κ3) is 1.17. The minimum Gasteiger partial charge on any atom is -0.624 e. The largest absolute Gasteiger partial charge is 0.624 e. The number of hydrogen-bond acceptors (Lipinski definition) is 1. The predicted molar refractivity (Wildman–Crippen MR) is 44.7 cm³/mol. The van der Waals surface area contributed by atoms with Crippen LogP contribution in [-0.2, 0) is 0 Å². The fourth-order valence-electron chi connectivity index (χ4n) is 1.90. The lowest BCUT2D eigenvalue weighted by Crippen LogP contribution is -2.25. The van der Waals surface area contributed by atoms with Crippen molar-refractivity contribution in [2.75, 3.05) is 6.54 Å². The van der Waals surface area contributed by atoms with E-state index in [1.165, 1.54) is 16.7 Å². The molecule has 11 heavy (non-hydrogen) atoms. The zero-order valence-electron chi connectivity index (χ0n) is 6.68. The second-order valence-electron chi connectivity index (χ2n) is 3.27. The van der Waals surface area contributed by atoms with Gasteiger partial charge in [0.2, 0.25) is 0 Å². The van der Waals surface area contributed by atoms with Crippen LogP contribution in [0.2, 0.25) is 0 Å². The highest BCUT2D eigenvalue weighted by atomic mass is 16.5. The summed E-state index contributed by atoms with van der Waals surface area (Å²) in [4.78, 5) is 0. The van der Waals surface area contributed by atoms with Crippen LogP contribution in [0.3, 0.4) is 0 Å². The summed E-state index contributed by atoms with van der Waals surface area (Å²) >= 11 is 0. The van der Waals surface area contributed by atoms with Crippen molar-refractivity contribution in [2.24, 2.45) is 0 Å². The first kappa shape index (κ1) is 6.89. The molecule has 0 spiro atoms. The van der Waals surface area contributed by atoms with Crippen LogP contribution in [-0.4, -0.2) is 17.0 Å². The Morgan fingerprint density at radius 3 is 3.00 bits per heavy atom. The van der Waals surface area contributed by atoms with Crippen LogP contribution in [0.4, 0.5) is 0 Å². The number of rotatable bonds is 0. The minimum atomic E-state index is 0.715. The van der Waals surface area contributed by atoms with E-state index in [2.05, 4.69) is 6.08 Å². The fraction of sp³-hybridized carbons (Fsp3) is 0.667. The van der Waals surface area contributed by atoms with Gasteiger partial charge in [-0.3, -0.25) is 0 Å². The average molecular weight is 151 g/mol. The lowest BCUT2D eigenvalue weighted by molar-refractivity contribution is -0.462. The first-order chi connectivity index (χ1) is 5.38. The molecule has 2 nitrogen and oxygen atoms in total. The van der Waals surface area contributed by atoms with E-state index in [9.17, 15) is 5.21 Å². The van der Waals surface area contributed by atoms with Crippen molar-refractivity contribution in [2.45, 2.75) is 32.1 Å². The SMILES string of the molecule is [O-][N+]1=C2CCCC=C2CCC1. The van der Waals surface area contributed by atoms with E-state index in [-0.39, 0.29) is 0 Å². The molecule has 0 aromatic heterocycles. The predicted octanol–water partition coefficient (Wildman–Crippen LogP) is 1.84. The Morgan fingerprint density at radius 2 is 2.18 bits per heavy atom. The third-order valence-electron chi connectivity index (χ3n) is 2.49. The molecule has 1 aliphatic heterocycles. The molecule has 0 atom stereocenters. The van der Waals surface area contributed by atoms with E-state index in [0.29, 0.717) is 6.54 Å². The molecule has 2 heteroatoms. The standard InChI is InChI=1S/C9H13NO/c11-10-7-3-5-8-4-1-2-6-9(8)10/h4H,1-3,5-7H2. The molecule has 0 amide bonds. The molecule has 0 bridgehead atoms. The van der Waals surface area contributed by atoms with Gasteiger partial charge in [0, 0.05) is 18.4 Å². The Morgan fingerprint density at radius 1 is 1.27 bits per heavy atom. The lowest BCUT2D eigenvalue weighted by Gasteiger charge is -2.21. The van der Waals surface area contributed by atoms with Gasteiger partial charge in [0.25, 0.3) is 0 Å². The van der Waals surface area contributed by atoms with E-state index < -0.39 is 0 Å². The number of fused-ring (bicyclic) bond motifs is 1.